The van der Waals surface area contributed by atoms with Crippen LogP contribution in [0.15, 0.2) is 12.2 Å². The minimum absolute atomic E-state index is 0.145. The highest BCUT2D eigenvalue weighted by atomic mass is 16.6. The lowest BCUT2D eigenvalue weighted by atomic mass is 10.2. The maximum atomic E-state index is 11.6. The number of nitrogens with zero attached hydrogens (tertiary/aromatic N) is 1. The normalized spacial score (nSPS) is 14.1. The summed E-state index contributed by atoms with van der Waals surface area (Å²) in [5.41, 5.74) is -0.555. The molecule has 0 fully saturated rings. The quantitative estimate of drug-likeness (QED) is 0.518. The van der Waals surface area contributed by atoms with Crippen LogP contribution in [0, 0.1) is 0 Å². The molecular weight excluding hydrogens is 302 g/mol. The predicted molar refractivity (Wildman–Crippen MR) is 82.3 cm³/mol. The molecule has 2 N–H and O–H groups in total. The predicted octanol–water partition coefficient (Wildman–Crippen LogP) is 0.333. The number of amides is 4. The molecule has 0 aromatic heterocycles. The molecule has 1 heterocycles. The SMILES string of the molecule is CC(C)(C)OC(=O)NCCCC(=O)NCCN1C(=O)C=CC1=O. The van der Waals surface area contributed by atoms with Crippen molar-refractivity contribution in [1.29, 1.82) is 0 Å². The van der Waals surface area contributed by atoms with Gasteiger partial charge in [0.25, 0.3) is 11.8 Å². The average molecular weight is 325 g/mol. The second-order valence-corrected chi connectivity index (χ2v) is 6.04. The first kappa shape index (κ1) is 18.7. The molecule has 0 spiro atoms. The van der Waals surface area contributed by atoms with Gasteiger partial charge in [-0.2, -0.15) is 0 Å². The van der Waals surface area contributed by atoms with Crippen LogP contribution in [0.5, 0.6) is 0 Å². The number of carbonyl (C=O) groups excluding carboxylic acids is 4. The smallest absolute Gasteiger partial charge is 0.407 e. The van der Waals surface area contributed by atoms with E-state index >= 15 is 0 Å². The molecule has 0 radical (unpaired) electrons. The van der Waals surface area contributed by atoms with Crippen LogP contribution < -0.4 is 10.6 Å². The van der Waals surface area contributed by atoms with Gasteiger partial charge in [-0.15, -0.1) is 0 Å². The van der Waals surface area contributed by atoms with E-state index in [2.05, 4.69) is 10.6 Å². The highest BCUT2D eigenvalue weighted by molar-refractivity contribution is 6.12. The molecule has 0 unspecified atom stereocenters. The molecule has 0 saturated carbocycles. The third kappa shape index (κ3) is 7.44. The Morgan fingerprint density at radius 1 is 1.09 bits per heavy atom. The standard InChI is InChI=1S/C15H23N3O5/c1-15(2,3)23-14(22)17-8-4-5-11(19)16-9-10-18-12(20)6-7-13(18)21/h6-7H,4-5,8-10H2,1-3H3,(H,16,19)(H,17,22). The fraction of sp³-hybridized carbons (Fsp3) is 0.600. The van der Waals surface area contributed by atoms with Crippen LogP contribution in [-0.4, -0.2) is 54.0 Å². The van der Waals surface area contributed by atoms with Gasteiger partial charge in [0.2, 0.25) is 5.91 Å². The van der Waals surface area contributed by atoms with Gasteiger partial charge in [0.05, 0.1) is 0 Å². The number of rotatable bonds is 7. The molecule has 4 amide bonds. The van der Waals surface area contributed by atoms with Gasteiger partial charge in [-0.25, -0.2) is 4.79 Å². The summed E-state index contributed by atoms with van der Waals surface area (Å²) in [4.78, 5) is 46.6. The third-order valence-corrected chi connectivity index (χ3v) is 2.81. The number of hydrogen-bond donors (Lipinski definition) is 2. The van der Waals surface area contributed by atoms with Gasteiger partial charge in [0.1, 0.15) is 5.60 Å². The van der Waals surface area contributed by atoms with Gasteiger partial charge < -0.3 is 15.4 Å². The van der Waals surface area contributed by atoms with Crippen LogP contribution in [0.4, 0.5) is 4.79 Å². The monoisotopic (exact) mass is 325 g/mol. The average Bonchev–Trinajstić information content (AvgIpc) is 2.73. The van der Waals surface area contributed by atoms with Crippen molar-refractivity contribution >= 4 is 23.8 Å². The van der Waals surface area contributed by atoms with Crippen LogP contribution in [0.1, 0.15) is 33.6 Å². The molecule has 0 atom stereocenters. The molecular formula is C15H23N3O5. The molecule has 8 nitrogen and oxygen atoms in total. The third-order valence-electron chi connectivity index (χ3n) is 2.81. The van der Waals surface area contributed by atoms with E-state index in [0.29, 0.717) is 13.0 Å². The number of alkyl carbamates (subject to hydrolysis) is 1. The molecule has 23 heavy (non-hydrogen) atoms. The van der Waals surface area contributed by atoms with Crippen LogP contribution in [0.2, 0.25) is 0 Å². The number of imide groups is 1. The van der Waals surface area contributed by atoms with E-state index in [9.17, 15) is 19.2 Å². The summed E-state index contributed by atoms with van der Waals surface area (Å²) in [6.07, 6.45) is 2.58. The van der Waals surface area contributed by atoms with Crippen LogP contribution >= 0.6 is 0 Å². The number of carbonyl (C=O) groups is 4. The molecule has 0 saturated heterocycles. The zero-order chi connectivity index (χ0) is 17.5. The lowest BCUT2D eigenvalue weighted by Gasteiger charge is -2.19. The van der Waals surface area contributed by atoms with Crippen molar-refractivity contribution < 1.29 is 23.9 Å². The molecule has 0 bridgehead atoms. The zero-order valence-corrected chi connectivity index (χ0v) is 13.7. The number of hydrogen-bond acceptors (Lipinski definition) is 5. The minimum atomic E-state index is -0.555. The summed E-state index contributed by atoms with van der Waals surface area (Å²) in [5.74, 6) is -0.945. The summed E-state index contributed by atoms with van der Waals surface area (Å²) in [7, 11) is 0. The van der Waals surface area contributed by atoms with Crippen molar-refractivity contribution in [3.05, 3.63) is 12.2 Å². The van der Waals surface area contributed by atoms with E-state index in [4.69, 9.17) is 4.74 Å². The van der Waals surface area contributed by atoms with Crippen LogP contribution in [0.25, 0.3) is 0 Å². The Bertz CT molecular complexity index is 490. The Balaban J connectivity index is 2.08. The van der Waals surface area contributed by atoms with E-state index in [-0.39, 0.29) is 37.2 Å². The number of nitrogens with one attached hydrogen (secondary N) is 2. The topological polar surface area (TPSA) is 105 Å². The van der Waals surface area contributed by atoms with E-state index in [0.717, 1.165) is 4.90 Å². The molecule has 0 aromatic rings. The molecule has 0 aromatic carbocycles. The van der Waals surface area contributed by atoms with Crippen LogP contribution in [-0.2, 0) is 19.1 Å². The summed E-state index contributed by atoms with van der Waals surface area (Å²) in [6, 6.07) is 0. The van der Waals surface area contributed by atoms with E-state index < -0.39 is 11.7 Å². The van der Waals surface area contributed by atoms with E-state index in [1.807, 2.05) is 0 Å². The zero-order valence-electron chi connectivity index (χ0n) is 13.7. The lowest BCUT2D eigenvalue weighted by Crippen LogP contribution is -2.38. The molecule has 1 aliphatic rings. The fourth-order valence-electron chi connectivity index (χ4n) is 1.80. The largest absolute Gasteiger partial charge is 0.444 e. The van der Waals surface area contributed by atoms with Crippen molar-refractivity contribution in [3.8, 4) is 0 Å². The van der Waals surface area contributed by atoms with Crippen molar-refractivity contribution in [2.24, 2.45) is 0 Å². The molecule has 1 aliphatic heterocycles. The Hall–Kier alpha value is -2.38. The van der Waals surface area contributed by atoms with Crippen molar-refractivity contribution in [3.63, 3.8) is 0 Å². The van der Waals surface area contributed by atoms with E-state index in [1.165, 1.54) is 12.2 Å². The molecule has 128 valence electrons. The maximum absolute atomic E-state index is 11.6. The highest BCUT2D eigenvalue weighted by Gasteiger charge is 2.22. The fourth-order valence-corrected chi connectivity index (χ4v) is 1.80. The summed E-state index contributed by atoms with van der Waals surface area (Å²) < 4.78 is 5.06. The first-order chi connectivity index (χ1) is 10.7. The van der Waals surface area contributed by atoms with Gasteiger partial charge >= 0.3 is 6.09 Å². The van der Waals surface area contributed by atoms with Crippen molar-refractivity contribution in [2.75, 3.05) is 19.6 Å². The summed E-state index contributed by atoms with van der Waals surface area (Å²) >= 11 is 0. The Morgan fingerprint density at radius 2 is 1.70 bits per heavy atom. The second-order valence-electron chi connectivity index (χ2n) is 6.04. The minimum Gasteiger partial charge on any atom is -0.444 e. The molecule has 0 aliphatic carbocycles. The first-order valence-corrected chi connectivity index (χ1v) is 7.46. The van der Waals surface area contributed by atoms with Crippen molar-refractivity contribution in [2.45, 2.75) is 39.2 Å². The Morgan fingerprint density at radius 3 is 2.26 bits per heavy atom. The maximum Gasteiger partial charge on any atom is 0.407 e. The molecule has 1 rings (SSSR count). The number of ether oxygens (including phenoxy) is 1. The molecule has 8 heteroatoms. The van der Waals surface area contributed by atoms with E-state index in [1.54, 1.807) is 20.8 Å². The van der Waals surface area contributed by atoms with Gasteiger partial charge in [0.15, 0.2) is 0 Å². The second kappa shape index (κ2) is 8.30. The van der Waals surface area contributed by atoms with Crippen LogP contribution in [0.3, 0.4) is 0 Å². The van der Waals surface area contributed by atoms with Gasteiger partial charge in [-0.05, 0) is 27.2 Å². The lowest BCUT2D eigenvalue weighted by molar-refractivity contribution is -0.137. The van der Waals surface area contributed by atoms with Crippen molar-refractivity contribution in [1.82, 2.24) is 15.5 Å². The Kier molecular flexibility index (Phi) is 6.74. The summed E-state index contributed by atoms with van der Waals surface area (Å²) in [5, 5.41) is 5.18. The van der Waals surface area contributed by atoms with Gasteiger partial charge in [-0.3, -0.25) is 19.3 Å². The highest BCUT2D eigenvalue weighted by Crippen LogP contribution is 2.06. The van der Waals surface area contributed by atoms with Gasteiger partial charge in [-0.1, -0.05) is 0 Å². The summed E-state index contributed by atoms with van der Waals surface area (Å²) in [6.45, 7) is 5.99. The Labute approximate surface area is 135 Å². The first-order valence-electron chi connectivity index (χ1n) is 7.46. The van der Waals surface area contributed by atoms with Gasteiger partial charge in [0, 0.05) is 38.2 Å².